The van der Waals surface area contributed by atoms with E-state index >= 15 is 0 Å². The summed E-state index contributed by atoms with van der Waals surface area (Å²) in [6.07, 6.45) is 2.26. The Morgan fingerprint density at radius 2 is 1.89 bits per heavy atom. The van der Waals surface area contributed by atoms with Gasteiger partial charge in [-0.05, 0) is 35.9 Å². The van der Waals surface area contributed by atoms with E-state index in [-0.39, 0.29) is 19.1 Å². The van der Waals surface area contributed by atoms with Gasteiger partial charge in [0, 0.05) is 5.41 Å². The molecule has 6 heteroatoms. The van der Waals surface area contributed by atoms with Crippen molar-refractivity contribution in [1.82, 2.24) is 0 Å². The van der Waals surface area contributed by atoms with Crippen LogP contribution in [0.25, 0.3) is 0 Å². The third kappa shape index (κ3) is 5.84. The Morgan fingerprint density at radius 1 is 1.22 bits per heavy atom. The minimum atomic E-state index is -0.810. The molecule has 0 aliphatic carbocycles. The van der Waals surface area contributed by atoms with Crippen molar-refractivity contribution in [3.8, 4) is 5.75 Å². The monoisotopic (exact) mass is 370 g/mol. The molecule has 0 saturated heterocycles. The van der Waals surface area contributed by atoms with Gasteiger partial charge in [0.05, 0.1) is 24.1 Å². The Balaban J connectivity index is 2.02. The van der Waals surface area contributed by atoms with Crippen molar-refractivity contribution in [3.05, 3.63) is 66.2 Å². The van der Waals surface area contributed by atoms with Crippen LogP contribution in [0, 0.1) is 5.41 Å². The predicted molar refractivity (Wildman–Crippen MR) is 106 cm³/mol. The molecule has 0 aliphatic heterocycles. The molecule has 0 heterocycles. The van der Waals surface area contributed by atoms with Crippen molar-refractivity contribution in [3.63, 3.8) is 0 Å². The Morgan fingerprint density at radius 3 is 2.52 bits per heavy atom. The van der Waals surface area contributed by atoms with Gasteiger partial charge < -0.3 is 26.0 Å². The number of anilines is 2. The summed E-state index contributed by atoms with van der Waals surface area (Å²) in [6.45, 7) is 3.85. The van der Waals surface area contributed by atoms with Gasteiger partial charge in [0.1, 0.15) is 12.4 Å². The summed E-state index contributed by atoms with van der Waals surface area (Å²) in [7, 11) is 0. The first-order valence-corrected chi connectivity index (χ1v) is 8.70. The summed E-state index contributed by atoms with van der Waals surface area (Å²) in [5.41, 5.74) is 6.88. The van der Waals surface area contributed by atoms with Crippen LogP contribution in [0.5, 0.6) is 5.75 Å². The highest BCUT2D eigenvalue weighted by Crippen LogP contribution is 2.35. The van der Waals surface area contributed by atoms with E-state index in [0.29, 0.717) is 22.7 Å². The van der Waals surface area contributed by atoms with Crippen LogP contribution in [-0.2, 0) is 4.79 Å². The Hall–Kier alpha value is -2.83. The van der Waals surface area contributed by atoms with Crippen molar-refractivity contribution < 1.29 is 19.7 Å². The summed E-state index contributed by atoms with van der Waals surface area (Å²) >= 11 is 0. The summed E-state index contributed by atoms with van der Waals surface area (Å²) in [6, 6.07) is 14.0. The first kappa shape index (κ1) is 20.5. The second kappa shape index (κ2) is 9.21. The minimum Gasteiger partial charge on any atom is -0.491 e. The molecular weight excluding hydrogens is 344 g/mol. The van der Waals surface area contributed by atoms with Gasteiger partial charge >= 0.3 is 0 Å². The molecule has 0 spiro atoms. The van der Waals surface area contributed by atoms with E-state index in [1.807, 2.05) is 13.8 Å². The van der Waals surface area contributed by atoms with Gasteiger partial charge in [-0.25, -0.2) is 0 Å². The number of benzene rings is 2. The van der Waals surface area contributed by atoms with Crippen molar-refractivity contribution >= 4 is 17.3 Å². The molecule has 2 rings (SSSR count). The Bertz CT molecular complexity index is 785. The maximum absolute atomic E-state index is 12.1. The molecule has 0 saturated carbocycles. The molecule has 144 valence electrons. The van der Waals surface area contributed by atoms with Gasteiger partial charge in [0.15, 0.2) is 0 Å². The fourth-order valence-electron chi connectivity index (χ4n) is 2.51. The zero-order valence-corrected chi connectivity index (χ0v) is 15.6. The average molecular weight is 370 g/mol. The van der Waals surface area contributed by atoms with E-state index < -0.39 is 11.5 Å². The predicted octanol–water partition coefficient (Wildman–Crippen LogP) is 2.89. The van der Waals surface area contributed by atoms with Crippen LogP contribution in [0.15, 0.2) is 60.7 Å². The molecule has 1 amide bonds. The summed E-state index contributed by atoms with van der Waals surface area (Å²) in [5, 5.41) is 22.2. The molecule has 2 aromatic rings. The zero-order chi connectivity index (χ0) is 19.9. The number of carbonyl (C=O) groups excluding carboxylic acids is 1. The molecular formula is C21H26N2O4. The number of carbonyl (C=O) groups is 1. The average Bonchev–Trinajstić information content (AvgIpc) is 2.66. The van der Waals surface area contributed by atoms with E-state index in [0.717, 1.165) is 0 Å². The number of para-hydroxylation sites is 2. The van der Waals surface area contributed by atoms with E-state index in [9.17, 15) is 9.90 Å². The lowest BCUT2D eigenvalue weighted by Gasteiger charge is -2.27. The quantitative estimate of drug-likeness (QED) is 0.422. The number of aliphatic hydroxyl groups is 2. The van der Waals surface area contributed by atoms with Crippen molar-refractivity contribution in [2.75, 3.05) is 24.3 Å². The van der Waals surface area contributed by atoms with E-state index in [4.69, 9.17) is 15.6 Å². The standard InChI is InChI=1S/C21H26N2O4/c1-21(2,12-11-19(25)23-18-6-4-3-5-17(18)22)20(26)15-7-9-16(10-8-15)27-14-13-24/h3-12,20,24,26H,13-14,22H2,1-2H3,(H,23,25)/b12-11+/t20-/m0/s1. The fourth-order valence-corrected chi connectivity index (χ4v) is 2.51. The second-order valence-corrected chi connectivity index (χ2v) is 6.77. The lowest BCUT2D eigenvalue weighted by Crippen LogP contribution is -2.20. The van der Waals surface area contributed by atoms with Gasteiger partial charge in [-0.2, -0.15) is 0 Å². The molecule has 0 unspecified atom stereocenters. The molecule has 0 bridgehead atoms. The minimum absolute atomic E-state index is 0.0566. The summed E-state index contributed by atoms with van der Waals surface area (Å²) in [4.78, 5) is 12.1. The van der Waals surface area contributed by atoms with Crippen LogP contribution < -0.4 is 15.8 Å². The second-order valence-electron chi connectivity index (χ2n) is 6.77. The SMILES string of the molecule is CC(C)(/C=C/C(=O)Nc1ccccc1N)[C@@H](O)c1ccc(OCCO)cc1. The first-order chi connectivity index (χ1) is 12.8. The molecule has 0 radical (unpaired) electrons. The van der Waals surface area contributed by atoms with E-state index in [1.54, 1.807) is 54.6 Å². The molecule has 0 aliphatic rings. The molecule has 0 aromatic heterocycles. The number of rotatable bonds is 8. The molecule has 27 heavy (non-hydrogen) atoms. The van der Waals surface area contributed by atoms with Crippen LogP contribution in [0.1, 0.15) is 25.5 Å². The lowest BCUT2D eigenvalue weighted by atomic mass is 9.82. The maximum atomic E-state index is 12.1. The summed E-state index contributed by atoms with van der Waals surface area (Å²) in [5.74, 6) is 0.300. The number of hydrogen-bond donors (Lipinski definition) is 4. The molecule has 2 aromatic carbocycles. The van der Waals surface area contributed by atoms with Crippen LogP contribution in [0.2, 0.25) is 0 Å². The van der Waals surface area contributed by atoms with Crippen molar-refractivity contribution in [2.45, 2.75) is 20.0 Å². The number of nitrogens with two attached hydrogens (primary N) is 1. The van der Waals surface area contributed by atoms with E-state index in [2.05, 4.69) is 5.32 Å². The van der Waals surface area contributed by atoms with Crippen molar-refractivity contribution in [2.24, 2.45) is 5.41 Å². The molecule has 5 N–H and O–H groups in total. The number of ether oxygens (including phenoxy) is 1. The highest BCUT2D eigenvalue weighted by molar-refractivity contribution is 6.01. The number of hydrogen-bond acceptors (Lipinski definition) is 5. The first-order valence-electron chi connectivity index (χ1n) is 8.70. The number of amides is 1. The summed E-state index contributed by atoms with van der Waals surface area (Å²) < 4.78 is 5.31. The van der Waals surface area contributed by atoms with Crippen LogP contribution in [0.4, 0.5) is 11.4 Å². The maximum Gasteiger partial charge on any atom is 0.248 e. The van der Waals surface area contributed by atoms with E-state index in [1.165, 1.54) is 6.08 Å². The van der Waals surface area contributed by atoms with Gasteiger partial charge in [-0.1, -0.05) is 44.2 Å². The molecule has 1 atom stereocenters. The van der Waals surface area contributed by atoms with Gasteiger partial charge in [0.2, 0.25) is 5.91 Å². The number of aliphatic hydroxyl groups excluding tert-OH is 2. The topological polar surface area (TPSA) is 105 Å². The largest absolute Gasteiger partial charge is 0.491 e. The van der Waals surface area contributed by atoms with Gasteiger partial charge in [-0.3, -0.25) is 4.79 Å². The fraction of sp³-hybridized carbons (Fsp3) is 0.286. The highest BCUT2D eigenvalue weighted by atomic mass is 16.5. The number of nitrogen functional groups attached to an aromatic ring is 1. The lowest BCUT2D eigenvalue weighted by molar-refractivity contribution is -0.112. The van der Waals surface area contributed by atoms with Crippen LogP contribution in [-0.4, -0.2) is 29.3 Å². The molecule has 6 nitrogen and oxygen atoms in total. The Kier molecular flexibility index (Phi) is 6.98. The normalized spacial score (nSPS) is 12.7. The third-order valence-corrected chi connectivity index (χ3v) is 4.14. The smallest absolute Gasteiger partial charge is 0.248 e. The zero-order valence-electron chi connectivity index (χ0n) is 15.6. The van der Waals surface area contributed by atoms with Gasteiger partial charge in [-0.15, -0.1) is 0 Å². The highest BCUT2D eigenvalue weighted by Gasteiger charge is 2.26. The van der Waals surface area contributed by atoms with Crippen molar-refractivity contribution in [1.29, 1.82) is 0 Å². The third-order valence-electron chi connectivity index (χ3n) is 4.14. The van der Waals surface area contributed by atoms with Crippen LogP contribution >= 0.6 is 0 Å². The van der Waals surface area contributed by atoms with Gasteiger partial charge in [0.25, 0.3) is 0 Å². The number of nitrogens with one attached hydrogen (secondary N) is 1. The Labute approximate surface area is 159 Å². The van der Waals surface area contributed by atoms with Crippen LogP contribution in [0.3, 0.4) is 0 Å². The molecule has 0 fully saturated rings.